The second-order valence-corrected chi connectivity index (χ2v) is 4.44. The number of fused-ring (bicyclic) bond motifs is 1. The van der Waals surface area contributed by atoms with Crippen LogP contribution in [-0.2, 0) is 6.54 Å². The highest BCUT2D eigenvalue weighted by Gasteiger charge is 2.23. The van der Waals surface area contributed by atoms with E-state index >= 15 is 0 Å². The van der Waals surface area contributed by atoms with E-state index in [9.17, 15) is 5.11 Å². The van der Waals surface area contributed by atoms with Crippen molar-refractivity contribution in [3.63, 3.8) is 0 Å². The molecule has 0 amide bonds. The fraction of sp³-hybridized carbons (Fsp3) is 0.231. The van der Waals surface area contributed by atoms with Gasteiger partial charge in [0.15, 0.2) is 0 Å². The average molecular weight is 242 g/mol. The number of allylic oxidation sites excluding steroid dienone is 1. The van der Waals surface area contributed by atoms with E-state index in [2.05, 4.69) is 22.0 Å². The number of aliphatic hydroxyl groups excluding tert-OH is 1. The zero-order valence-electron chi connectivity index (χ0n) is 10.1. The molecule has 1 unspecified atom stereocenters. The molecule has 1 aliphatic rings. The predicted octanol–water partition coefficient (Wildman–Crippen LogP) is 1.39. The molecule has 3 rings (SSSR count). The minimum absolute atomic E-state index is 0.598. The molecule has 0 spiro atoms. The van der Waals surface area contributed by atoms with E-state index in [4.69, 9.17) is 0 Å². The number of hydrogen-bond acceptors (Lipinski definition) is 4. The van der Waals surface area contributed by atoms with Crippen molar-refractivity contribution >= 4 is 5.57 Å². The number of nitrogens with one attached hydrogen (secondary N) is 1. The first-order valence-electron chi connectivity index (χ1n) is 5.77. The Balaban J connectivity index is 1.95. The summed E-state index contributed by atoms with van der Waals surface area (Å²) in [6, 6.07) is 3.86. The van der Waals surface area contributed by atoms with Crippen molar-refractivity contribution in [1.82, 2.24) is 20.1 Å². The number of hydrogen-bond donors (Lipinski definition) is 2. The first kappa shape index (κ1) is 11.1. The van der Waals surface area contributed by atoms with Gasteiger partial charge in [0.2, 0.25) is 0 Å². The van der Waals surface area contributed by atoms with Crippen LogP contribution in [-0.4, -0.2) is 19.9 Å². The highest BCUT2D eigenvalue weighted by molar-refractivity contribution is 5.58. The molecule has 5 nitrogen and oxygen atoms in total. The van der Waals surface area contributed by atoms with E-state index in [1.165, 1.54) is 0 Å². The van der Waals surface area contributed by atoms with Gasteiger partial charge in [-0.2, -0.15) is 5.10 Å². The van der Waals surface area contributed by atoms with Crippen LogP contribution in [0.5, 0.6) is 0 Å². The van der Waals surface area contributed by atoms with E-state index < -0.39 is 6.23 Å². The van der Waals surface area contributed by atoms with Crippen molar-refractivity contribution < 1.29 is 5.11 Å². The van der Waals surface area contributed by atoms with E-state index in [1.54, 1.807) is 10.9 Å². The lowest BCUT2D eigenvalue weighted by atomic mass is 10.2. The number of pyridine rings is 1. The molecule has 3 heterocycles. The van der Waals surface area contributed by atoms with Crippen molar-refractivity contribution in [2.75, 3.05) is 0 Å². The van der Waals surface area contributed by atoms with Gasteiger partial charge in [-0.3, -0.25) is 10.3 Å². The SMILES string of the molecule is C=C(C)c1ccc(-n2cc3c(n2)CNC3O)cn1. The van der Waals surface area contributed by atoms with Gasteiger partial charge in [-0.15, -0.1) is 0 Å². The third-order valence-electron chi connectivity index (χ3n) is 3.03. The van der Waals surface area contributed by atoms with Crippen LogP contribution in [0.15, 0.2) is 31.1 Å². The first-order valence-corrected chi connectivity index (χ1v) is 5.77. The molecule has 0 fully saturated rings. The predicted molar refractivity (Wildman–Crippen MR) is 67.9 cm³/mol. The number of aliphatic hydroxyl groups is 1. The van der Waals surface area contributed by atoms with E-state index in [0.29, 0.717) is 6.54 Å². The minimum Gasteiger partial charge on any atom is -0.374 e. The summed E-state index contributed by atoms with van der Waals surface area (Å²) >= 11 is 0. The summed E-state index contributed by atoms with van der Waals surface area (Å²) in [5, 5.41) is 17.0. The molecule has 0 aliphatic carbocycles. The van der Waals surface area contributed by atoms with Gasteiger partial charge in [-0.1, -0.05) is 6.58 Å². The van der Waals surface area contributed by atoms with Gasteiger partial charge >= 0.3 is 0 Å². The lowest BCUT2D eigenvalue weighted by molar-refractivity contribution is 0.151. The van der Waals surface area contributed by atoms with Crippen molar-refractivity contribution in [2.45, 2.75) is 19.7 Å². The number of nitrogens with zero attached hydrogens (tertiary/aromatic N) is 3. The topological polar surface area (TPSA) is 63.0 Å². The quantitative estimate of drug-likeness (QED) is 0.835. The summed E-state index contributed by atoms with van der Waals surface area (Å²) in [6.45, 7) is 6.37. The maximum absolute atomic E-state index is 9.67. The van der Waals surface area contributed by atoms with Gasteiger partial charge in [0.1, 0.15) is 6.23 Å². The maximum Gasteiger partial charge on any atom is 0.134 e. The molecule has 18 heavy (non-hydrogen) atoms. The molecule has 0 saturated carbocycles. The molecule has 1 atom stereocenters. The van der Waals surface area contributed by atoms with Crippen LogP contribution in [0.1, 0.15) is 30.1 Å². The Hall–Kier alpha value is -1.98. The minimum atomic E-state index is -0.614. The van der Waals surface area contributed by atoms with Crippen LogP contribution in [0.25, 0.3) is 11.3 Å². The first-order chi connectivity index (χ1) is 8.65. The van der Waals surface area contributed by atoms with Crippen molar-refractivity contribution in [3.05, 3.63) is 48.1 Å². The van der Waals surface area contributed by atoms with Crippen LogP contribution >= 0.6 is 0 Å². The third kappa shape index (κ3) is 1.73. The zero-order chi connectivity index (χ0) is 12.7. The van der Waals surface area contributed by atoms with Gasteiger partial charge in [0.05, 0.1) is 23.3 Å². The Morgan fingerprint density at radius 2 is 2.39 bits per heavy atom. The van der Waals surface area contributed by atoms with E-state index in [0.717, 1.165) is 28.2 Å². The van der Waals surface area contributed by atoms with Crippen LogP contribution in [0.3, 0.4) is 0 Å². The molecule has 0 aromatic carbocycles. The van der Waals surface area contributed by atoms with Crippen molar-refractivity contribution in [3.8, 4) is 5.69 Å². The normalized spacial score (nSPS) is 17.8. The van der Waals surface area contributed by atoms with Crippen molar-refractivity contribution in [1.29, 1.82) is 0 Å². The summed E-state index contributed by atoms with van der Waals surface area (Å²) in [4.78, 5) is 4.32. The van der Waals surface area contributed by atoms with Gasteiger partial charge < -0.3 is 5.11 Å². The molecule has 92 valence electrons. The Bertz CT molecular complexity index is 600. The maximum atomic E-state index is 9.67. The van der Waals surface area contributed by atoms with Crippen LogP contribution < -0.4 is 5.32 Å². The molecule has 2 N–H and O–H groups in total. The second-order valence-electron chi connectivity index (χ2n) is 4.44. The molecule has 2 aromatic rings. The summed E-state index contributed by atoms with van der Waals surface area (Å²) in [7, 11) is 0. The standard InChI is InChI=1S/C13H14N4O/c1-8(2)11-4-3-9(5-14-11)17-7-10-12(16-17)6-15-13(10)18/h3-5,7,13,15,18H,1,6H2,2H3. The summed E-state index contributed by atoms with van der Waals surface area (Å²) < 4.78 is 1.74. The molecule has 0 bridgehead atoms. The molecule has 0 saturated heterocycles. The molecule has 5 heteroatoms. The van der Waals surface area contributed by atoms with E-state index in [1.807, 2.05) is 25.3 Å². The summed E-state index contributed by atoms with van der Waals surface area (Å²) in [5.41, 5.74) is 4.40. The molecule has 0 radical (unpaired) electrons. The average Bonchev–Trinajstić information content (AvgIpc) is 2.92. The highest BCUT2D eigenvalue weighted by atomic mass is 16.3. The van der Waals surface area contributed by atoms with Gasteiger partial charge in [-0.25, -0.2) is 4.68 Å². The highest BCUT2D eigenvalue weighted by Crippen LogP contribution is 2.23. The van der Waals surface area contributed by atoms with Crippen LogP contribution in [0.4, 0.5) is 0 Å². The number of rotatable bonds is 2. The largest absolute Gasteiger partial charge is 0.374 e. The Morgan fingerprint density at radius 3 is 3.00 bits per heavy atom. The van der Waals surface area contributed by atoms with Crippen LogP contribution in [0.2, 0.25) is 0 Å². The number of aromatic nitrogens is 3. The fourth-order valence-electron chi connectivity index (χ4n) is 2.00. The fourth-order valence-corrected chi connectivity index (χ4v) is 2.00. The van der Waals surface area contributed by atoms with Gasteiger partial charge in [0, 0.05) is 18.3 Å². The van der Waals surface area contributed by atoms with Gasteiger partial charge in [0.25, 0.3) is 0 Å². The summed E-state index contributed by atoms with van der Waals surface area (Å²) in [5.74, 6) is 0. The Kier molecular flexibility index (Phi) is 2.50. The lowest BCUT2D eigenvalue weighted by Gasteiger charge is -2.04. The van der Waals surface area contributed by atoms with Crippen molar-refractivity contribution in [2.24, 2.45) is 0 Å². The second kappa shape index (κ2) is 4.04. The Labute approximate surface area is 105 Å². The Morgan fingerprint density at radius 1 is 1.56 bits per heavy atom. The summed E-state index contributed by atoms with van der Waals surface area (Å²) in [6.07, 6.45) is 2.97. The van der Waals surface area contributed by atoms with E-state index in [-0.39, 0.29) is 0 Å². The van der Waals surface area contributed by atoms with Gasteiger partial charge in [-0.05, 0) is 24.6 Å². The molecule has 1 aliphatic heterocycles. The van der Waals surface area contributed by atoms with Crippen LogP contribution in [0, 0.1) is 0 Å². The molecular weight excluding hydrogens is 228 g/mol. The molecular formula is C13H14N4O. The zero-order valence-corrected chi connectivity index (χ0v) is 10.1. The molecule has 2 aromatic heterocycles. The lowest BCUT2D eigenvalue weighted by Crippen LogP contribution is -2.12. The smallest absolute Gasteiger partial charge is 0.134 e. The third-order valence-corrected chi connectivity index (χ3v) is 3.03. The monoisotopic (exact) mass is 242 g/mol.